The van der Waals surface area contributed by atoms with Gasteiger partial charge in [-0.05, 0) is 6.07 Å². The number of carbonyl (C=O) groups is 1. The van der Waals surface area contributed by atoms with Crippen molar-refractivity contribution in [1.29, 1.82) is 0 Å². The van der Waals surface area contributed by atoms with E-state index >= 15 is 0 Å². The monoisotopic (exact) mass is 257 g/mol. The Morgan fingerprint density at radius 2 is 2.00 bits per heavy atom. The van der Waals surface area contributed by atoms with Crippen molar-refractivity contribution in [1.82, 2.24) is 15.5 Å². The van der Waals surface area contributed by atoms with Crippen LogP contribution >= 0.6 is 0 Å². The summed E-state index contributed by atoms with van der Waals surface area (Å²) in [4.78, 5) is 12.6. The van der Waals surface area contributed by atoms with E-state index in [1.54, 1.807) is 14.1 Å². The molecule has 0 saturated carbocycles. The summed E-state index contributed by atoms with van der Waals surface area (Å²) in [6.45, 7) is 1.13. The Morgan fingerprint density at radius 1 is 1.28 bits per heavy atom. The molecule has 0 heterocycles. The molecule has 0 unspecified atom stereocenters. The number of hydrogen-bond acceptors (Lipinski definition) is 2. The minimum atomic E-state index is -0.852. The Kier molecular flexibility index (Phi) is 5.51. The molecular weight excluding hydrogens is 240 g/mol. The molecule has 0 aliphatic carbocycles. The standard InChI is InChI=1S/C12H17F2N3O/c1-17(2)12(18)16-7-6-15-8-9-4-3-5-10(13)11(9)14/h3-5,15H,6-8H2,1-2H3,(H,16,18). The van der Waals surface area contributed by atoms with Crippen LogP contribution in [-0.4, -0.2) is 38.1 Å². The molecule has 0 spiro atoms. The molecule has 0 bridgehead atoms. The number of amides is 2. The summed E-state index contributed by atoms with van der Waals surface area (Å²) in [6, 6.07) is 3.87. The summed E-state index contributed by atoms with van der Waals surface area (Å²) in [5, 5.41) is 5.58. The first kappa shape index (κ1) is 14.4. The third-order valence-corrected chi connectivity index (χ3v) is 2.33. The highest BCUT2D eigenvalue weighted by molar-refractivity contribution is 5.73. The molecule has 0 aromatic heterocycles. The van der Waals surface area contributed by atoms with Gasteiger partial charge in [0.1, 0.15) is 0 Å². The average Bonchev–Trinajstić information content (AvgIpc) is 2.33. The van der Waals surface area contributed by atoms with Crippen LogP contribution in [0, 0.1) is 11.6 Å². The van der Waals surface area contributed by atoms with Crippen molar-refractivity contribution in [3.05, 3.63) is 35.4 Å². The van der Waals surface area contributed by atoms with Crippen molar-refractivity contribution >= 4 is 6.03 Å². The van der Waals surface area contributed by atoms with Crippen molar-refractivity contribution in [2.45, 2.75) is 6.54 Å². The van der Waals surface area contributed by atoms with Crippen molar-refractivity contribution in [2.75, 3.05) is 27.2 Å². The lowest BCUT2D eigenvalue weighted by molar-refractivity contribution is 0.217. The number of carbonyl (C=O) groups excluding carboxylic acids is 1. The van der Waals surface area contributed by atoms with E-state index < -0.39 is 11.6 Å². The molecule has 2 N–H and O–H groups in total. The predicted octanol–water partition coefficient (Wildman–Crippen LogP) is 1.33. The van der Waals surface area contributed by atoms with Crippen LogP contribution in [0.1, 0.15) is 5.56 Å². The lowest BCUT2D eigenvalue weighted by atomic mass is 10.2. The molecule has 1 aromatic rings. The zero-order valence-corrected chi connectivity index (χ0v) is 10.5. The van der Waals surface area contributed by atoms with Gasteiger partial charge in [-0.25, -0.2) is 13.6 Å². The van der Waals surface area contributed by atoms with E-state index in [2.05, 4.69) is 10.6 Å². The van der Waals surface area contributed by atoms with Gasteiger partial charge in [-0.2, -0.15) is 0 Å². The number of benzene rings is 1. The van der Waals surface area contributed by atoms with Crippen LogP contribution in [-0.2, 0) is 6.54 Å². The maximum Gasteiger partial charge on any atom is 0.316 e. The van der Waals surface area contributed by atoms with Crippen molar-refractivity contribution in [3.63, 3.8) is 0 Å². The van der Waals surface area contributed by atoms with Crippen LogP contribution in [0.15, 0.2) is 18.2 Å². The molecule has 100 valence electrons. The fourth-order valence-corrected chi connectivity index (χ4v) is 1.32. The molecule has 0 aliphatic rings. The van der Waals surface area contributed by atoms with Gasteiger partial charge in [0, 0.05) is 39.3 Å². The van der Waals surface area contributed by atoms with Crippen molar-refractivity contribution in [2.24, 2.45) is 0 Å². The minimum absolute atomic E-state index is 0.186. The highest BCUT2D eigenvalue weighted by Gasteiger charge is 2.06. The van der Waals surface area contributed by atoms with E-state index in [-0.39, 0.29) is 18.1 Å². The smallest absolute Gasteiger partial charge is 0.316 e. The zero-order valence-electron chi connectivity index (χ0n) is 10.5. The van der Waals surface area contributed by atoms with Gasteiger partial charge in [-0.15, -0.1) is 0 Å². The molecule has 0 fully saturated rings. The number of urea groups is 1. The van der Waals surface area contributed by atoms with E-state index in [1.165, 1.54) is 17.0 Å². The van der Waals surface area contributed by atoms with Crippen LogP contribution in [0.2, 0.25) is 0 Å². The summed E-state index contributed by atoms with van der Waals surface area (Å²) in [6.07, 6.45) is 0. The molecule has 2 amide bonds. The maximum atomic E-state index is 13.3. The third kappa shape index (κ3) is 4.29. The highest BCUT2D eigenvalue weighted by atomic mass is 19.2. The van der Waals surface area contributed by atoms with Crippen molar-refractivity contribution < 1.29 is 13.6 Å². The molecule has 0 radical (unpaired) electrons. The molecule has 1 rings (SSSR count). The number of rotatable bonds is 5. The average molecular weight is 257 g/mol. The Labute approximate surface area is 105 Å². The molecule has 6 heteroatoms. The molecule has 0 aliphatic heterocycles. The van der Waals surface area contributed by atoms with E-state index in [1.807, 2.05) is 0 Å². The zero-order chi connectivity index (χ0) is 13.5. The summed E-state index contributed by atoms with van der Waals surface area (Å²) in [7, 11) is 3.29. The second kappa shape index (κ2) is 6.90. The van der Waals surface area contributed by atoms with E-state index in [4.69, 9.17) is 0 Å². The molecule has 4 nitrogen and oxygen atoms in total. The normalized spacial score (nSPS) is 10.2. The Bertz CT molecular complexity index is 410. The molecule has 1 aromatic carbocycles. The molecule has 18 heavy (non-hydrogen) atoms. The fraction of sp³-hybridized carbons (Fsp3) is 0.417. The number of hydrogen-bond donors (Lipinski definition) is 2. The van der Waals surface area contributed by atoms with Gasteiger partial charge in [0.2, 0.25) is 0 Å². The summed E-state index contributed by atoms with van der Waals surface area (Å²) in [5.74, 6) is -1.68. The van der Waals surface area contributed by atoms with Gasteiger partial charge in [-0.1, -0.05) is 12.1 Å². The first-order valence-electron chi connectivity index (χ1n) is 5.61. The Hall–Kier alpha value is -1.69. The topological polar surface area (TPSA) is 44.4 Å². The predicted molar refractivity (Wildman–Crippen MR) is 65.2 cm³/mol. The Balaban J connectivity index is 2.26. The van der Waals surface area contributed by atoms with Gasteiger partial charge < -0.3 is 15.5 Å². The summed E-state index contributed by atoms with van der Waals surface area (Å²) < 4.78 is 26.1. The van der Waals surface area contributed by atoms with Gasteiger partial charge in [0.25, 0.3) is 0 Å². The van der Waals surface area contributed by atoms with Crippen molar-refractivity contribution in [3.8, 4) is 0 Å². The van der Waals surface area contributed by atoms with Crippen LogP contribution in [0.5, 0.6) is 0 Å². The first-order valence-corrected chi connectivity index (χ1v) is 5.61. The summed E-state index contributed by atoms with van der Waals surface area (Å²) in [5.41, 5.74) is 0.272. The third-order valence-electron chi connectivity index (χ3n) is 2.33. The minimum Gasteiger partial charge on any atom is -0.337 e. The lowest BCUT2D eigenvalue weighted by Gasteiger charge is -2.12. The summed E-state index contributed by atoms with van der Waals surface area (Å²) >= 11 is 0. The maximum absolute atomic E-state index is 13.3. The van der Waals surface area contributed by atoms with Crippen LogP contribution in [0.4, 0.5) is 13.6 Å². The van der Waals surface area contributed by atoms with E-state index in [9.17, 15) is 13.6 Å². The highest BCUT2D eigenvalue weighted by Crippen LogP contribution is 2.10. The Morgan fingerprint density at radius 3 is 2.67 bits per heavy atom. The van der Waals surface area contributed by atoms with Crippen LogP contribution in [0.3, 0.4) is 0 Å². The van der Waals surface area contributed by atoms with Gasteiger partial charge in [-0.3, -0.25) is 0 Å². The van der Waals surface area contributed by atoms with Crippen LogP contribution in [0.25, 0.3) is 0 Å². The SMILES string of the molecule is CN(C)C(=O)NCCNCc1cccc(F)c1F. The molecule has 0 atom stereocenters. The number of nitrogens with zero attached hydrogens (tertiary/aromatic N) is 1. The van der Waals surface area contributed by atoms with Gasteiger partial charge in [0.15, 0.2) is 11.6 Å². The van der Waals surface area contributed by atoms with Crippen LogP contribution < -0.4 is 10.6 Å². The molecular formula is C12H17F2N3O. The molecule has 0 saturated heterocycles. The first-order chi connectivity index (χ1) is 8.52. The largest absolute Gasteiger partial charge is 0.337 e. The quantitative estimate of drug-likeness (QED) is 0.781. The second-order valence-corrected chi connectivity index (χ2v) is 4.02. The van der Waals surface area contributed by atoms with Gasteiger partial charge >= 0.3 is 6.03 Å². The number of halogens is 2. The van der Waals surface area contributed by atoms with E-state index in [0.717, 1.165) is 6.07 Å². The van der Waals surface area contributed by atoms with E-state index in [0.29, 0.717) is 13.1 Å². The second-order valence-electron chi connectivity index (χ2n) is 4.02. The van der Waals surface area contributed by atoms with Gasteiger partial charge in [0.05, 0.1) is 0 Å². The fourth-order valence-electron chi connectivity index (χ4n) is 1.32. The number of nitrogens with one attached hydrogen (secondary N) is 2. The lowest BCUT2D eigenvalue weighted by Crippen LogP contribution is -2.38.